The lowest BCUT2D eigenvalue weighted by Crippen LogP contribution is -2.49. The first-order valence-corrected chi connectivity index (χ1v) is 7.28. The smallest absolute Gasteiger partial charge is 0.326 e. The van der Waals surface area contributed by atoms with Crippen LogP contribution in [0.15, 0.2) is 0 Å². The number of amides is 3. The van der Waals surface area contributed by atoms with Crippen LogP contribution in [0.25, 0.3) is 0 Å². The van der Waals surface area contributed by atoms with Crippen LogP contribution in [0.2, 0.25) is 0 Å². The summed E-state index contributed by atoms with van der Waals surface area (Å²) in [5, 5.41) is 31.9. The van der Waals surface area contributed by atoms with E-state index in [4.69, 9.17) is 21.1 Å². The minimum Gasteiger partial charge on any atom is -0.481 e. The molecule has 0 aliphatic carbocycles. The molecule has 0 saturated heterocycles. The number of aliphatic carboxylic acids is 3. The van der Waals surface area contributed by atoms with E-state index in [2.05, 4.69) is 10.6 Å². The third-order valence-corrected chi connectivity index (χ3v) is 2.89. The topological polar surface area (TPSA) is 225 Å². The standard InChI is InChI=1S/C13H20N4O9/c14-6(1-2-10(20)21)12(24)16-4-8(18)15-5-9(19)17-7(13(25)26)3-11(22)23/h6-7H,1-5,14H2,(H,15,18)(H,16,24)(H,17,19)(H,20,21)(H,22,23)(H,25,26). The normalized spacial score (nSPS) is 12.3. The van der Waals surface area contributed by atoms with Crippen LogP contribution in [-0.2, 0) is 28.8 Å². The number of carbonyl (C=O) groups excluding carboxylic acids is 3. The van der Waals surface area contributed by atoms with E-state index in [9.17, 15) is 28.8 Å². The maximum Gasteiger partial charge on any atom is 0.326 e. The first-order valence-electron chi connectivity index (χ1n) is 7.28. The molecule has 26 heavy (non-hydrogen) atoms. The number of hydrogen-bond donors (Lipinski definition) is 7. The Morgan fingerprint density at radius 2 is 1.42 bits per heavy atom. The molecular formula is C13H20N4O9. The van der Waals surface area contributed by atoms with Crippen LogP contribution in [-0.4, -0.2) is 76.1 Å². The summed E-state index contributed by atoms with van der Waals surface area (Å²) >= 11 is 0. The molecule has 0 bridgehead atoms. The van der Waals surface area contributed by atoms with Crippen LogP contribution in [0.5, 0.6) is 0 Å². The first kappa shape index (κ1) is 22.8. The third-order valence-electron chi connectivity index (χ3n) is 2.89. The highest BCUT2D eigenvalue weighted by Gasteiger charge is 2.23. The SMILES string of the molecule is NC(CCC(=O)O)C(=O)NCC(=O)NCC(=O)NC(CC(=O)O)C(=O)O. The Hall–Kier alpha value is -3.22. The molecule has 13 nitrogen and oxygen atoms in total. The summed E-state index contributed by atoms with van der Waals surface area (Å²) in [7, 11) is 0. The second kappa shape index (κ2) is 11.4. The quantitative estimate of drug-likeness (QED) is 0.177. The minimum atomic E-state index is -1.65. The van der Waals surface area contributed by atoms with Crippen molar-refractivity contribution in [3.05, 3.63) is 0 Å². The van der Waals surface area contributed by atoms with E-state index in [1.165, 1.54) is 0 Å². The molecule has 13 heteroatoms. The van der Waals surface area contributed by atoms with Gasteiger partial charge in [0.1, 0.15) is 6.04 Å². The van der Waals surface area contributed by atoms with Crippen molar-refractivity contribution < 1.29 is 44.1 Å². The lowest BCUT2D eigenvalue weighted by atomic mass is 10.1. The van der Waals surface area contributed by atoms with Crippen LogP contribution >= 0.6 is 0 Å². The number of hydrogen-bond acceptors (Lipinski definition) is 7. The van der Waals surface area contributed by atoms with Crippen LogP contribution < -0.4 is 21.7 Å². The van der Waals surface area contributed by atoms with Gasteiger partial charge in [-0.25, -0.2) is 4.79 Å². The number of carbonyl (C=O) groups is 6. The summed E-state index contributed by atoms with van der Waals surface area (Å²) in [6.07, 6.45) is -1.27. The fraction of sp³-hybridized carbons (Fsp3) is 0.538. The molecule has 0 rings (SSSR count). The van der Waals surface area contributed by atoms with Gasteiger partial charge in [-0.15, -0.1) is 0 Å². The second-order valence-electron chi connectivity index (χ2n) is 5.09. The molecule has 0 aromatic rings. The van der Waals surface area contributed by atoms with Crippen molar-refractivity contribution in [1.29, 1.82) is 0 Å². The van der Waals surface area contributed by atoms with Gasteiger partial charge in [-0.1, -0.05) is 0 Å². The predicted octanol–water partition coefficient (Wildman–Crippen LogP) is -3.54. The third kappa shape index (κ3) is 10.5. The molecule has 0 aromatic carbocycles. The fourth-order valence-electron chi connectivity index (χ4n) is 1.57. The molecule has 0 radical (unpaired) electrons. The molecule has 0 aromatic heterocycles. The predicted molar refractivity (Wildman–Crippen MR) is 82.7 cm³/mol. The first-order chi connectivity index (χ1) is 12.0. The molecule has 2 unspecified atom stereocenters. The van der Waals surface area contributed by atoms with Crippen LogP contribution in [0.1, 0.15) is 19.3 Å². The van der Waals surface area contributed by atoms with Crippen molar-refractivity contribution in [2.45, 2.75) is 31.3 Å². The van der Waals surface area contributed by atoms with Gasteiger partial charge >= 0.3 is 17.9 Å². The molecule has 0 heterocycles. The maximum absolute atomic E-state index is 11.5. The van der Waals surface area contributed by atoms with Crippen molar-refractivity contribution in [3.8, 4) is 0 Å². The number of carboxylic acid groups (broad SMARTS) is 3. The van der Waals surface area contributed by atoms with E-state index in [-0.39, 0.29) is 12.8 Å². The van der Waals surface area contributed by atoms with E-state index in [1.807, 2.05) is 5.32 Å². The highest BCUT2D eigenvalue weighted by Crippen LogP contribution is 1.94. The number of rotatable bonds is 12. The van der Waals surface area contributed by atoms with E-state index >= 15 is 0 Å². The summed E-state index contributed by atoms with van der Waals surface area (Å²) in [4.78, 5) is 66.1. The van der Waals surface area contributed by atoms with Crippen molar-refractivity contribution in [2.24, 2.45) is 5.73 Å². The Morgan fingerprint density at radius 3 is 1.92 bits per heavy atom. The molecule has 8 N–H and O–H groups in total. The summed E-state index contributed by atoms with van der Waals surface area (Å²) in [5.41, 5.74) is 5.42. The Labute approximate surface area is 146 Å². The van der Waals surface area contributed by atoms with E-state index in [0.717, 1.165) is 0 Å². The van der Waals surface area contributed by atoms with Gasteiger partial charge in [0.15, 0.2) is 0 Å². The Morgan fingerprint density at radius 1 is 0.846 bits per heavy atom. The summed E-state index contributed by atoms with van der Waals surface area (Å²) in [6.45, 7) is -1.17. The summed E-state index contributed by atoms with van der Waals surface area (Å²) in [5.74, 6) is -6.57. The van der Waals surface area contributed by atoms with E-state index in [1.54, 1.807) is 0 Å². The van der Waals surface area contributed by atoms with Crippen LogP contribution in [0.3, 0.4) is 0 Å². The van der Waals surface area contributed by atoms with Gasteiger partial charge in [-0.05, 0) is 6.42 Å². The van der Waals surface area contributed by atoms with Gasteiger partial charge in [0.2, 0.25) is 17.7 Å². The molecule has 0 aliphatic heterocycles. The minimum absolute atomic E-state index is 0.120. The van der Waals surface area contributed by atoms with Gasteiger partial charge < -0.3 is 37.0 Å². The molecule has 0 saturated carbocycles. The molecule has 0 aliphatic rings. The van der Waals surface area contributed by atoms with Crippen molar-refractivity contribution >= 4 is 35.6 Å². The largest absolute Gasteiger partial charge is 0.481 e. The highest BCUT2D eigenvalue weighted by atomic mass is 16.4. The van der Waals surface area contributed by atoms with Crippen LogP contribution in [0.4, 0.5) is 0 Å². The van der Waals surface area contributed by atoms with Gasteiger partial charge in [-0.3, -0.25) is 24.0 Å². The lowest BCUT2D eigenvalue weighted by Gasteiger charge is -2.13. The Balaban J connectivity index is 4.19. The average molecular weight is 376 g/mol. The zero-order valence-electron chi connectivity index (χ0n) is 13.6. The highest BCUT2D eigenvalue weighted by molar-refractivity contribution is 5.91. The van der Waals surface area contributed by atoms with E-state index in [0.29, 0.717) is 0 Å². The number of carboxylic acids is 3. The van der Waals surface area contributed by atoms with Crippen LogP contribution in [0, 0.1) is 0 Å². The maximum atomic E-state index is 11.5. The van der Waals surface area contributed by atoms with Gasteiger partial charge in [0.25, 0.3) is 0 Å². The van der Waals surface area contributed by atoms with Crippen molar-refractivity contribution in [2.75, 3.05) is 13.1 Å². The summed E-state index contributed by atoms with van der Waals surface area (Å²) in [6, 6.07) is -2.77. The van der Waals surface area contributed by atoms with Crippen molar-refractivity contribution in [1.82, 2.24) is 16.0 Å². The number of nitrogens with one attached hydrogen (secondary N) is 3. The molecular weight excluding hydrogens is 356 g/mol. The molecule has 3 amide bonds. The molecule has 0 spiro atoms. The lowest BCUT2D eigenvalue weighted by molar-refractivity contribution is -0.147. The molecule has 0 fully saturated rings. The molecule has 2 atom stereocenters. The fourth-order valence-corrected chi connectivity index (χ4v) is 1.57. The van der Waals surface area contributed by atoms with E-state index < -0.39 is 67.2 Å². The zero-order valence-corrected chi connectivity index (χ0v) is 13.6. The van der Waals surface area contributed by atoms with Gasteiger partial charge in [0.05, 0.1) is 25.6 Å². The summed E-state index contributed by atoms with van der Waals surface area (Å²) < 4.78 is 0. The average Bonchev–Trinajstić information content (AvgIpc) is 2.54. The number of nitrogens with two attached hydrogens (primary N) is 1. The van der Waals surface area contributed by atoms with Gasteiger partial charge in [-0.2, -0.15) is 0 Å². The zero-order chi connectivity index (χ0) is 20.3. The Bertz CT molecular complexity index is 578. The van der Waals surface area contributed by atoms with Crippen molar-refractivity contribution in [3.63, 3.8) is 0 Å². The monoisotopic (exact) mass is 376 g/mol. The Kier molecular flexibility index (Phi) is 9.95. The second-order valence-corrected chi connectivity index (χ2v) is 5.09. The van der Waals surface area contributed by atoms with Gasteiger partial charge in [0, 0.05) is 6.42 Å². The molecule has 146 valence electrons.